The molecule has 2 rings (SSSR count). The Bertz CT molecular complexity index is 463. The molecular formula is C14H22N4O3. The van der Waals surface area contributed by atoms with Crippen molar-refractivity contribution in [2.45, 2.75) is 38.3 Å². The molecule has 0 saturated carbocycles. The van der Waals surface area contributed by atoms with Gasteiger partial charge in [0.1, 0.15) is 12.1 Å². The highest BCUT2D eigenvalue weighted by molar-refractivity contribution is 5.91. The number of piperidine rings is 1. The Kier molecular flexibility index (Phi) is 4.82. The third-order valence-electron chi connectivity index (χ3n) is 3.88. The van der Waals surface area contributed by atoms with Crippen LogP contribution in [0.5, 0.6) is 0 Å². The monoisotopic (exact) mass is 294 g/mol. The molecule has 1 unspecified atom stereocenters. The number of nitrogens with zero attached hydrogens (tertiary/aromatic N) is 1. The minimum Gasteiger partial charge on any atom is -0.362 e. The van der Waals surface area contributed by atoms with Crippen LogP contribution in [0.3, 0.4) is 0 Å². The lowest BCUT2D eigenvalue weighted by Gasteiger charge is -2.38. The molecule has 2 aliphatic rings. The molecule has 0 spiro atoms. The normalized spacial score (nSPS) is 28.5. The molecule has 2 saturated heterocycles. The van der Waals surface area contributed by atoms with E-state index in [2.05, 4.69) is 22.5 Å². The predicted molar refractivity (Wildman–Crippen MR) is 77.1 cm³/mol. The number of amides is 3. The Morgan fingerprint density at radius 2 is 1.86 bits per heavy atom. The Morgan fingerprint density at radius 3 is 2.62 bits per heavy atom. The largest absolute Gasteiger partial charge is 0.362 e. The maximum Gasteiger partial charge on any atom is 0.243 e. The molecule has 3 amide bonds. The highest BCUT2D eigenvalue weighted by atomic mass is 16.2. The van der Waals surface area contributed by atoms with E-state index in [4.69, 9.17) is 0 Å². The van der Waals surface area contributed by atoms with Crippen LogP contribution in [0.25, 0.3) is 0 Å². The van der Waals surface area contributed by atoms with Crippen molar-refractivity contribution in [1.29, 1.82) is 0 Å². The van der Waals surface area contributed by atoms with Gasteiger partial charge in [0.25, 0.3) is 0 Å². The molecule has 116 valence electrons. The van der Waals surface area contributed by atoms with E-state index in [1.165, 1.54) is 0 Å². The van der Waals surface area contributed by atoms with Crippen molar-refractivity contribution in [2.24, 2.45) is 0 Å². The van der Waals surface area contributed by atoms with E-state index in [1.54, 1.807) is 6.92 Å². The van der Waals surface area contributed by atoms with Crippen molar-refractivity contribution in [1.82, 2.24) is 20.9 Å². The van der Waals surface area contributed by atoms with E-state index in [9.17, 15) is 14.4 Å². The molecule has 7 nitrogen and oxygen atoms in total. The van der Waals surface area contributed by atoms with E-state index in [-0.39, 0.29) is 36.9 Å². The zero-order valence-electron chi connectivity index (χ0n) is 12.3. The highest BCUT2D eigenvalue weighted by Gasteiger charge is 2.31. The first-order chi connectivity index (χ1) is 9.99. The van der Waals surface area contributed by atoms with Crippen LogP contribution in [0.4, 0.5) is 0 Å². The van der Waals surface area contributed by atoms with E-state index in [0.717, 1.165) is 31.5 Å². The fourth-order valence-electron chi connectivity index (χ4n) is 2.64. The Balaban J connectivity index is 2.17. The van der Waals surface area contributed by atoms with E-state index in [1.807, 2.05) is 4.90 Å². The van der Waals surface area contributed by atoms with Gasteiger partial charge in [0.05, 0.1) is 13.1 Å². The molecule has 2 atom stereocenters. The summed E-state index contributed by atoms with van der Waals surface area (Å²) in [5.41, 5.74) is 0.725. The van der Waals surface area contributed by atoms with Gasteiger partial charge in [-0.2, -0.15) is 0 Å². The van der Waals surface area contributed by atoms with Gasteiger partial charge in [0.2, 0.25) is 17.7 Å². The minimum atomic E-state index is -0.665. The molecule has 7 heteroatoms. The van der Waals surface area contributed by atoms with Gasteiger partial charge in [-0.05, 0) is 26.2 Å². The van der Waals surface area contributed by atoms with E-state index in [0.29, 0.717) is 0 Å². The van der Waals surface area contributed by atoms with Crippen molar-refractivity contribution in [3.63, 3.8) is 0 Å². The third-order valence-corrected chi connectivity index (χ3v) is 3.88. The summed E-state index contributed by atoms with van der Waals surface area (Å²) in [6.07, 6.45) is 2.69. The SMILES string of the molecule is C=C1CNC(=O)CNC(=O)[C@H](C)NC(=O)C2CCCCN12. The van der Waals surface area contributed by atoms with Gasteiger partial charge in [-0.25, -0.2) is 0 Å². The van der Waals surface area contributed by atoms with Crippen LogP contribution in [-0.4, -0.2) is 54.3 Å². The molecule has 0 radical (unpaired) electrons. The average molecular weight is 294 g/mol. The number of hydrogen-bond acceptors (Lipinski definition) is 4. The molecule has 2 heterocycles. The standard InChI is InChI=1S/C14H22N4O3/c1-9-7-15-12(19)8-16-13(20)10(2)17-14(21)11-5-3-4-6-18(9)11/h10-11H,1,3-8H2,2H3,(H,15,19)(H,16,20)(H,17,21)/t10-,11?/m0/s1. The molecule has 0 aromatic heterocycles. The second-order valence-corrected chi connectivity index (χ2v) is 5.50. The quantitative estimate of drug-likeness (QED) is 0.540. The zero-order chi connectivity index (χ0) is 15.4. The predicted octanol–water partition coefficient (Wildman–Crippen LogP) is -0.895. The fraction of sp³-hybridized carbons (Fsp3) is 0.643. The summed E-state index contributed by atoms with van der Waals surface area (Å²) in [4.78, 5) is 37.8. The highest BCUT2D eigenvalue weighted by Crippen LogP contribution is 2.21. The van der Waals surface area contributed by atoms with Gasteiger partial charge < -0.3 is 20.9 Å². The number of hydrogen-bond donors (Lipinski definition) is 3. The van der Waals surface area contributed by atoms with Crippen LogP contribution >= 0.6 is 0 Å². The Labute approximate surface area is 124 Å². The average Bonchev–Trinajstić information content (AvgIpc) is 2.49. The Morgan fingerprint density at radius 1 is 1.10 bits per heavy atom. The van der Waals surface area contributed by atoms with Crippen LogP contribution < -0.4 is 16.0 Å². The van der Waals surface area contributed by atoms with Crippen LogP contribution in [0, 0.1) is 0 Å². The molecule has 2 fully saturated rings. The summed E-state index contributed by atoms with van der Waals surface area (Å²) in [7, 11) is 0. The Hall–Kier alpha value is -2.05. The lowest BCUT2D eigenvalue weighted by Crippen LogP contribution is -2.56. The molecule has 0 bridgehead atoms. The van der Waals surface area contributed by atoms with Crippen molar-refractivity contribution >= 4 is 17.7 Å². The molecule has 0 aromatic rings. The second kappa shape index (κ2) is 6.60. The molecule has 0 aromatic carbocycles. The zero-order valence-corrected chi connectivity index (χ0v) is 12.3. The van der Waals surface area contributed by atoms with Gasteiger partial charge in [-0.15, -0.1) is 0 Å². The first kappa shape index (κ1) is 15.3. The van der Waals surface area contributed by atoms with Gasteiger partial charge in [-0.3, -0.25) is 14.4 Å². The van der Waals surface area contributed by atoms with Crippen LogP contribution in [0.1, 0.15) is 26.2 Å². The summed E-state index contributed by atoms with van der Waals surface area (Å²) in [6, 6.07) is -0.986. The summed E-state index contributed by atoms with van der Waals surface area (Å²) >= 11 is 0. The smallest absolute Gasteiger partial charge is 0.243 e. The second-order valence-electron chi connectivity index (χ2n) is 5.50. The van der Waals surface area contributed by atoms with Crippen LogP contribution in [0.2, 0.25) is 0 Å². The lowest BCUT2D eigenvalue weighted by molar-refractivity contribution is -0.132. The van der Waals surface area contributed by atoms with E-state index >= 15 is 0 Å². The number of carbonyl (C=O) groups excluding carboxylic acids is 3. The van der Waals surface area contributed by atoms with Gasteiger partial charge in [0.15, 0.2) is 0 Å². The van der Waals surface area contributed by atoms with Crippen LogP contribution in [0.15, 0.2) is 12.3 Å². The maximum absolute atomic E-state index is 12.4. The summed E-state index contributed by atoms with van der Waals surface area (Å²) in [5.74, 6) is -0.789. The molecule has 0 aliphatic carbocycles. The first-order valence-electron chi connectivity index (χ1n) is 7.28. The van der Waals surface area contributed by atoms with Crippen molar-refractivity contribution < 1.29 is 14.4 Å². The van der Waals surface area contributed by atoms with Gasteiger partial charge >= 0.3 is 0 Å². The van der Waals surface area contributed by atoms with Crippen molar-refractivity contribution in [2.75, 3.05) is 19.6 Å². The van der Waals surface area contributed by atoms with Gasteiger partial charge in [-0.1, -0.05) is 6.58 Å². The summed E-state index contributed by atoms with van der Waals surface area (Å²) in [5, 5.41) is 7.92. The molecule has 2 aliphatic heterocycles. The number of carbonyl (C=O) groups is 3. The summed E-state index contributed by atoms with van der Waals surface area (Å²) in [6.45, 7) is 6.51. The van der Waals surface area contributed by atoms with E-state index < -0.39 is 6.04 Å². The summed E-state index contributed by atoms with van der Waals surface area (Å²) < 4.78 is 0. The lowest BCUT2D eigenvalue weighted by atomic mass is 10.00. The third kappa shape index (κ3) is 3.74. The molecule has 3 N–H and O–H groups in total. The molecule has 21 heavy (non-hydrogen) atoms. The maximum atomic E-state index is 12.4. The van der Waals surface area contributed by atoms with Crippen molar-refractivity contribution in [3.8, 4) is 0 Å². The number of nitrogens with one attached hydrogen (secondary N) is 3. The van der Waals surface area contributed by atoms with Gasteiger partial charge in [0, 0.05) is 12.2 Å². The number of rotatable bonds is 0. The van der Waals surface area contributed by atoms with Crippen molar-refractivity contribution in [3.05, 3.63) is 12.3 Å². The topological polar surface area (TPSA) is 90.5 Å². The first-order valence-corrected chi connectivity index (χ1v) is 7.28. The number of fused-ring (bicyclic) bond motifs is 1. The minimum absolute atomic E-state index is 0.101. The fourth-order valence-corrected chi connectivity index (χ4v) is 2.64. The van der Waals surface area contributed by atoms with Crippen LogP contribution in [-0.2, 0) is 14.4 Å². The molecular weight excluding hydrogens is 272 g/mol.